The Kier molecular flexibility index (Phi) is 3.73. The van der Waals surface area contributed by atoms with Crippen molar-refractivity contribution in [3.63, 3.8) is 0 Å². The van der Waals surface area contributed by atoms with E-state index >= 15 is 0 Å². The van der Waals surface area contributed by atoms with E-state index in [1.807, 2.05) is 29.1 Å². The highest BCUT2D eigenvalue weighted by Crippen LogP contribution is 2.15. The number of nitrogens with zero attached hydrogens (tertiary/aromatic N) is 2. The molecule has 0 spiro atoms. The Bertz CT molecular complexity index is 531. The number of aromatic nitrogens is 2. The highest BCUT2D eigenvalue weighted by Gasteiger charge is 2.12. The first kappa shape index (κ1) is 13.1. The predicted molar refractivity (Wildman–Crippen MR) is 78.3 cm³/mol. The Hall–Kier alpha value is -1.33. The van der Waals surface area contributed by atoms with Gasteiger partial charge in [0.1, 0.15) is 6.73 Å². The Morgan fingerprint density at radius 2 is 2.11 bits per heavy atom. The van der Waals surface area contributed by atoms with Gasteiger partial charge in [-0.25, -0.2) is 4.68 Å². The van der Waals surface area contributed by atoms with Crippen molar-refractivity contribution in [2.75, 3.05) is 12.3 Å². The monoisotopic (exact) mass is 263 g/mol. The minimum absolute atomic E-state index is 0.513. The molecule has 2 N–H and O–H groups in total. The van der Waals surface area contributed by atoms with E-state index in [2.05, 4.69) is 24.7 Å². The zero-order chi connectivity index (χ0) is 13.2. The van der Waals surface area contributed by atoms with E-state index in [1.54, 1.807) is 0 Å². The van der Waals surface area contributed by atoms with Gasteiger partial charge >= 0.3 is 0 Å². The van der Waals surface area contributed by atoms with E-state index in [-0.39, 0.29) is 0 Å². The number of rotatable bonds is 5. The number of nitrogen functional groups attached to an aromatic ring is 1. The summed E-state index contributed by atoms with van der Waals surface area (Å²) in [6.45, 7) is 8.37. The quantitative estimate of drug-likeness (QED) is 0.512. The normalized spacial score (nSPS) is 12.2. The molecule has 0 bridgehead atoms. The maximum Gasteiger partial charge on any atom is 0.139 e. The molecule has 0 atom stereocenters. The second kappa shape index (κ2) is 5.12. The van der Waals surface area contributed by atoms with E-state index in [0.717, 1.165) is 23.2 Å². The Morgan fingerprint density at radius 1 is 1.33 bits per heavy atom. The second-order valence-corrected chi connectivity index (χ2v) is 11.5. The van der Waals surface area contributed by atoms with Gasteiger partial charge in [-0.3, -0.25) is 0 Å². The molecule has 0 saturated carbocycles. The van der Waals surface area contributed by atoms with Crippen molar-refractivity contribution < 1.29 is 4.74 Å². The average molecular weight is 263 g/mol. The molecule has 5 heteroatoms. The van der Waals surface area contributed by atoms with Gasteiger partial charge in [0.2, 0.25) is 0 Å². The van der Waals surface area contributed by atoms with Crippen LogP contribution in [0.25, 0.3) is 10.9 Å². The number of benzene rings is 1. The molecular weight excluding hydrogens is 242 g/mol. The summed E-state index contributed by atoms with van der Waals surface area (Å²) in [6, 6.07) is 6.91. The summed E-state index contributed by atoms with van der Waals surface area (Å²) >= 11 is 0. The van der Waals surface area contributed by atoms with Gasteiger partial charge in [0, 0.05) is 32.0 Å². The maximum absolute atomic E-state index is 5.74. The van der Waals surface area contributed by atoms with E-state index in [9.17, 15) is 0 Å². The molecule has 2 aromatic rings. The predicted octanol–water partition coefficient (Wildman–Crippen LogP) is 2.93. The number of anilines is 1. The molecule has 0 aliphatic carbocycles. The van der Waals surface area contributed by atoms with Crippen LogP contribution in [0, 0.1) is 0 Å². The molecule has 18 heavy (non-hydrogen) atoms. The van der Waals surface area contributed by atoms with Gasteiger partial charge in [-0.15, -0.1) is 0 Å². The molecule has 0 saturated heterocycles. The lowest BCUT2D eigenvalue weighted by Crippen LogP contribution is -2.22. The van der Waals surface area contributed by atoms with Gasteiger partial charge in [-0.05, 0) is 24.2 Å². The Balaban J connectivity index is 1.92. The molecule has 0 unspecified atom stereocenters. The first-order valence-electron chi connectivity index (χ1n) is 6.24. The standard InChI is InChI=1S/C13H21N3OSi/c1-18(2,3)7-6-17-10-16-9-11-8-12(14)4-5-13(11)15-16/h4-5,8-9H,6-7,10,14H2,1-3H3. The van der Waals surface area contributed by atoms with Gasteiger partial charge < -0.3 is 10.5 Å². The van der Waals surface area contributed by atoms with Crippen LogP contribution < -0.4 is 5.73 Å². The largest absolute Gasteiger partial charge is 0.399 e. The van der Waals surface area contributed by atoms with Gasteiger partial charge in [-0.1, -0.05) is 19.6 Å². The van der Waals surface area contributed by atoms with Crippen LogP contribution in [0.1, 0.15) is 0 Å². The van der Waals surface area contributed by atoms with Gasteiger partial charge in [0.05, 0.1) is 5.52 Å². The van der Waals surface area contributed by atoms with Crippen LogP contribution in [0.15, 0.2) is 24.4 Å². The molecular formula is C13H21N3OSi. The maximum atomic E-state index is 5.74. The minimum Gasteiger partial charge on any atom is -0.399 e. The fourth-order valence-corrected chi connectivity index (χ4v) is 2.45. The smallest absolute Gasteiger partial charge is 0.139 e. The molecule has 0 fully saturated rings. The van der Waals surface area contributed by atoms with Crippen LogP contribution in [0.3, 0.4) is 0 Å². The number of nitrogens with two attached hydrogens (primary N) is 1. The highest BCUT2D eigenvalue weighted by molar-refractivity contribution is 6.76. The first-order chi connectivity index (χ1) is 8.44. The van der Waals surface area contributed by atoms with Crippen LogP contribution in [0.4, 0.5) is 5.69 Å². The summed E-state index contributed by atoms with van der Waals surface area (Å²) in [5.74, 6) is 0. The third kappa shape index (κ3) is 3.58. The van der Waals surface area contributed by atoms with Gasteiger partial charge in [-0.2, -0.15) is 5.10 Å². The van der Waals surface area contributed by atoms with Crippen molar-refractivity contribution in [2.24, 2.45) is 0 Å². The number of hydrogen-bond acceptors (Lipinski definition) is 3. The van der Waals surface area contributed by atoms with E-state index in [0.29, 0.717) is 6.73 Å². The van der Waals surface area contributed by atoms with Gasteiger partial charge in [0.25, 0.3) is 0 Å². The average Bonchev–Trinajstić information content (AvgIpc) is 2.65. The lowest BCUT2D eigenvalue weighted by molar-refractivity contribution is 0.0791. The first-order valence-corrected chi connectivity index (χ1v) is 9.95. The molecule has 0 aliphatic heterocycles. The molecule has 0 amide bonds. The van der Waals surface area contributed by atoms with Crippen molar-refractivity contribution in [2.45, 2.75) is 32.4 Å². The van der Waals surface area contributed by atoms with E-state index in [1.165, 1.54) is 6.04 Å². The zero-order valence-electron chi connectivity index (χ0n) is 11.3. The van der Waals surface area contributed by atoms with Crippen molar-refractivity contribution >= 4 is 24.7 Å². The fraction of sp³-hybridized carbons (Fsp3) is 0.462. The summed E-state index contributed by atoms with van der Waals surface area (Å²) in [5, 5.41) is 5.49. The van der Waals surface area contributed by atoms with Crippen LogP contribution in [0.2, 0.25) is 25.7 Å². The summed E-state index contributed by atoms with van der Waals surface area (Å²) < 4.78 is 7.49. The van der Waals surface area contributed by atoms with Crippen LogP contribution in [-0.2, 0) is 11.5 Å². The van der Waals surface area contributed by atoms with E-state index in [4.69, 9.17) is 10.5 Å². The molecule has 1 aromatic carbocycles. The molecule has 1 aromatic heterocycles. The molecule has 0 radical (unpaired) electrons. The number of fused-ring (bicyclic) bond motifs is 1. The van der Waals surface area contributed by atoms with Crippen molar-refractivity contribution in [3.05, 3.63) is 24.4 Å². The Morgan fingerprint density at radius 3 is 2.83 bits per heavy atom. The lowest BCUT2D eigenvalue weighted by atomic mass is 10.2. The topological polar surface area (TPSA) is 53.1 Å². The van der Waals surface area contributed by atoms with Crippen LogP contribution in [0.5, 0.6) is 0 Å². The van der Waals surface area contributed by atoms with Gasteiger partial charge in [0.15, 0.2) is 0 Å². The minimum atomic E-state index is -1.01. The molecule has 4 nitrogen and oxygen atoms in total. The Labute approximate surface area is 109 Å². The fourth-order valence-electron chi connectivity index (χ4n) is 1.70. The summed E-state index contributed by atoms with van der Waals surface area (Å²) in [6.07, 6.45) is 1.97. The lowest BCUT2D eigenvalue weighted by Gasteiger charge is -2.15. The molecule has 98 valence electrons. The summed E-state index contributed by atoms with van der Waals surface area (Å²) in [7, 11) is -1.01. The third-order valence-electron chi connectivity index (χ3n) is 2.80. The summed E-state index contributed by atoms with van der Waals surface area (Å²) in [4.78, 5) is 0. The summed E-state index contributed by atoms with van der Waals surface area (Å²) in [5.41, 5.74) is 7.46. The van der Waals surface area contributed by atoms with Crippen molar-refractivity contribution in [3.8, 4) is 0 Å². The van der Waals surface area contributed by atoms with Crippen LogP contribution in [-0.4, -0.2) is 24.5 Å². The second-order valence-electron chi connectivity index (χ2n) is 5.83. The van der Waals surface area contributed by atoms with E-state index < -0.39 is 8.07 Å². The third-order valence-corrected chi connectivity index (χ3v) is 4.50. The SMILES string of the molecule is C[Si](C)(C)CCOCn1cc2cc(N)ccc2n1. The molecule has 2 rings (SSSR count). The highest BCUT2D eigenvalue weighted by atomic mass is 28.3. The number of ether oxygens (including phenoxy) is 1. The molecule has 0 aliphatic rings. The molecule has 1 heterocycles. The van der Waals surface area contributed by atoms with Crippen molar-refractivity contribution in [1.82, 2.24) is 9.78 Å². The van der Waals surface area contributed by atoms with Crippen LogP contribution >= 0.6 is 0 Å². The van der Waals surface area contributed by atoms with Crippen molar-refractivity contribution in [1.29, 1.82) is 0 Å². The zero-order valence-corrected chi connectivity index (χ0v) is 12.3. The number of hydrogen-bond donors (Lipinski definition) is 1.